The maximum absolute atomic E-state index is 10.6. The van der Waals surface area contributed by atoms with Crippen LogP contribution in [0.15, 0.2) is 0 Å². The van der Waals surface area contributed by atoms with Crippen molar-refractivity contribution in [1.29, 1.82) is 0 Å². The number of carbonyl (C=O) groups is 1. The van der Waals surface area contributed by atoms with Gasteiger partial charge in [0.15, 0.2) is 0 Å². The topological polar surface area (TPSA) is 52.6 Å². The highest BCUT2D eigenvalue weighted by molar-refractivity contribution is 5.70. The van der Waals surface area contributed by atoms with E-state index in [2.05, 4.69) is 10.2 Å². The molecule has 0 atom stereocenters. The van der Waals surface area contributed by atoms with Gasteiger partial charge in [0.05, 0.1) is 5.92 Å². The highest BCUT2D eigenvalue weighted by Crippen LogP contribution is 2.16. The van der Waals surface area contributed by atoms with Crippen LogP contribution in [0.25, 0.3) is 0 Å². The molecule has 0 bridgehead atoms. The molecular weight excluding hydrogens is 168 g/mol. The van der Waals surface area contributed by atoms with Crippen LogP contribution >= 0.6 is 0 Å². The molecule has 0 unspecified atom stereocenters. The molecular formula is C9H18N2O2. The number of nitrogens with zero attached hydrogens (tertiary/aromatic N) is 1. The molecule has 4 nitrogen and oxygen atoms in total. The standard InChI is InChI=1S/C9H18N2O2/c1-10-4-7-11-5-2-8(3-6-11)9(12)13/h8,10H,2-7H2,1H3,(H,12,13). The molecule has 76 valence electrons. The van der Waals surface area contributed by atoms with Crippen LogP contribution in [0, 0.1) is 5.92 Å². The first-order chi connectivity index (χ1) is 6.24. The van der Waals surface area contributed by atoms with Gasteiger partial charge in [-0.05, 0) is 33.0 Å². The lowest BCUT2D eigenvalue weighted by molar-refractivity contribution is -0.143. The van der Waals surface area contributed by atoms with E-state index in [0.717, 1.165) is 39.0 Å². The van der Waals surface area contributed by atoms with Gasteiger partial charge in [-0.25, -0.2) is 0 Å². The molecule has 0 aliphatic carbocycles. The first-order valence-electron chi connectivity index (χ1n) is 4.84. The van der Waals surface area contributed by atoms with Gasteiger partial charge < -0.3 is 15.3 Å². The molecule has 0 radical (unpaired) electrons. The molecule has 1 rings (SSSR count). The fourth-order valence-corrected chi connectivity index (χ4v) is 1.67. The number of aliphatic carboxylic acids is 1. The van der Waals surface area contributed by atoms with Crippen LogP contribution in [0.1, 0.15) is 12.8 Å². The number of piperidine rings is 1. The smallest absolute Gasteiger partial charge is 0.306 e. The lowest BCUT2D eigenvalue weighted by Crippen LogP contribution is -2.39. The van der Waals surface area contributed by atoms with Gasteiger partial charge in [0.2, 0.25) is 0 Å². The Labute approximate surface area is 78.9 Å². The minimum Gasteiger partial charge on any atom is -0.481 e. The van der Waals surface area contributed by atoms with Crippen LogP contribution in [0.3, 0.4) is 0 Å². The van der Waals surface area contributed by atoms with Gasteiger partial charge in [-0.1, -0.05) is 0 Å². The Morgan fingerprint density at radius 1 is 1.54 bits per heavy atom. The first-order valence-corrected chi connectivity index (χ1v) is 4.84. The highest BCUT2D eigenvalue weighted by atomic mass is 16.4. The van der Waals surface area contributed by atoms with Crippen LogP contribution in [-0.2, 0) is 4.79 Å². The number of carboxylic acid groups (broad SMARTS) is 1. The first kappa shape index (κ1) is 10.5. The summed E-state index contributed by atoms with van der Waals surface area (Å²) in [5, 5.41) is 11.9. The third kappa shape index (κ3) is 3.32. The second-order valence-corrected chi connectivity index (χ2v) is 3.56. The number of nitrogens with one attached hydrogen (secondary N) is 1. The summed E-state index contributed by atoms with van der Waals surface area (Å²) in [4.78, 5) is 13.0. The van der Waals surface area contributed by atoms with Crippen molar-refractivity contribution in [1.82, 2.24) is 10.2 Å². The van der Waals surface area contributed by atoms with E-state index >= 15 is 0 Å². The monoisotopic (exact) mass is 186 g/mol. The molecule has 0 saturated carbocycles. The lowest BCUT2D eigenvalue weighted by atomic mass is 9.97. The molecule has 1 saturated heterocycles. The van der Waals surface area contributed by atoms with Crippen LogP contribution in [0.4, 0.5) is 0 Å². The van der Waals surface area contributed by atoms with Crippen molar-refractivity contribution in [3.8, 4) is 0 Å². The quantitative estimate of drug-likeness (QED) is 0.649. The molecule has 0 aromatic heterocycles. The summed E-state index contributed by atoms with van der Waals surface area (Å²) in [6, 6.07) is 0. The van der Waals surface area contributed by atoms with E-state index in [1.807, 2.05) is 7.05 Å². The van der Waals surface area contributed by atoms with E-state index < -0.39 is 5.97 Å². The van der Waals surface area contributed by atoms with Gasteiger partial charge in [-0.2, -0.15) is 0 Å². The van der Waals surface area contributed by atoms with E-state index in [0.29, 0.717) is 0 Å². The van der Waals surface area contributed by atoms with Gasteiger partial charge in [-0.15, -0.1) is 0 Å². The second-order valence-electron chi connectivity index (χ2n) is 3.56. The summed E-state index contributed by atoms with van der Waals surface area (Å²) in [5.74, 6) is -0.737. The predicted octanol–water partition coefficient (Wildman–Crippen LogP) is 0.00240. The summed E-state index contributed by atoms with van der Waals surface area (Å²) < 4.78 is 0. The fraction of sp³-hybridized carbons (Fsp3) is 0.889. The third-order valence-corrected chi connectivity index (χ3v) is 2.61. The van der Waals surface area contributed by atoms with Gasteiger partial charge in [0, 0.05) is 13.1 Å². The van der Waals surface area contributed by atoms with Gasteiger partial charge >= 0.3 is 5.97 Å². The number of hydrogen-bond donors (Lipinski definition) is 2. The minimum atomic E-state index is -0.631. The molecule has 2 N–H and O–H groups in total. The lowest BCUT2D eigenvalue weighted by Gasteiger charge is -2.29. The number of carboxylic acids is 1. The minimum absolute atomic E-state index is 0.106. The highest BCUT2D eigenvalue weighted by Gasteiger charge is 2.23. The molecule has 1 heterocycles. The number of likely N-dealkylation sites (tertiary alicyclic amines) is 1. The number of likely N-dealkylation sites (N-methyl/N-ethyl adjacent to an activating group) is 1. The van der Waals surface area contributed by atoms with Crippen LogP contribution < -0.4 is 5.32 Å². The molecule has 1 aliphatic heterocycles. The van der Waals surface area contributed by atoms with E-state index in [9.17, 15) is 4.79 Å². The van der Waals surface area contributed by atoms with Gasteiger partial charge in [0.1, 0.15) is 0 Å². The van der Waals surface area contributed by atoms with Crippen LogP contribution in [-0.4, -0.2) is 49.2 Å². The van der Waals surface area contributed by atoms with E-state index in [1.165, 1.54) is 0 Å². The van der Waals surface area contributed by atoms with E-state index in [-0.39, 0.29) is 5.92 Å². The second kappa shape index (κ2) is 5.19. The zero-order valence-corrected chi connectivity index (χ0v) is 8.12. The Balaban J connectivity index is 2.18. The van der Waals surface area contributed by atoms with Crippen LogP contribution in [0.5, 0.6) is 0 Å². The SMILES string of the molecule is CNCCN1CCC(C(=O)O)CC1. The summed E-state index contributed by atoms with van der Waals surface area (Å²) in [6.07, 6.45) is 1.61. The normalized spacial score (nSPS) is 20.4. The van der Waals surface area contributed by atoms with Crippen molar-refractivity contribution in [3.63, 3.8) is 0 Å². The number of hydrogen-bond acceptors (Lipinski definition) is 3. The molecule has 1 aliphatic rings. The Bertz CT molecular complexity index is 165. The molecule has 13 heavy (non-hydrogen) atoms. The Kier molecular flexibility index (Phi) is 4.18. The summed E-state index contributed by atoms with van der Waals surface area (Å²) >= 11 is 0. The third-order valence-electron chi connectivity index (χ3n) is 2.61. The maximum atomic E-state index is 10.6. The molecule has 0 amide bonds. The van der Waals surface area contributed by atoms with Crippen molar-refractivity contribution in [2.45, 2.75) is 12.8 Å². The van der Waals surface area contributed by atoms with Crippen LogP contribution in [0.2, 0.25) is 0 Å². The Morgan fingerprint density at radius 3 is 2.62 bits per heavy atom. The fourth-order valence-electron chi connectivity index (χ4n) is 1.67. The zero-order valence-electron chi connectivity index (χ0n) is 8.12. The summed E-state index contributed by atoms with van der Waals surface area (Å²) in [6.45, 7) is 3.87. The molecule has 1 fully saturated rings. The molecule has 4 heteroatoms. The van der Waals surface area contributed by atoms with Crippen molar-refractivity contribution < 1.29 is 9.90 Å². The molecule has 0 aromatic carbocycles. The van der Waals surface area contributed by atoms with Crippen molar-refractivity contribution in [3.05, 3.63) is 0 Å². The zero-order chi connectivity index (χ0) is 9.68. The summed E-state index contributed by atoms with van der Waals surface area (Å²) in [5.41, 5.74) is 0. The largest absolute Gasteiger partial charge is 0.481 e. The van der Waals surface area contributed by atoms with Gasteiger partial charge in [0.25, 0.3) is 0 Å². The predicted molar refractivity (Wildman–Crippen MR) is 50.7 cm³/mol. The maximum Gasteiger partial charge on any atom is 0.306 e. The van der Waals surface area contributed by atoms with E-state index in [1.54, 1.807) is 0 Å². The average Bonchev–Trinajstić information content (AvgIpc) is 2.15. The molecule has 0 aromatic rings. The molecule has 0 spiro atoms. The summed E-state index contributed by atoms with van der Waals surface area (Å²) in [7, 11) is 1.93. The van der Waals surface area contributed by atoms with Crippen molar-refractivity contribution in [2.24, 2.45) is 5.92 Å². The Hall–Kier alpha value is -0.610. The van der Waals surface area contributed by atoms with E-state index in [4.69, 9.17) is 5.11 Å². The Morgan fingerprint density at radius 2 is 2.15 bits per heavy atom. The van der Waals surface area contributed by atoms with Gasteiger partial charge in [-0.3, -0.25) is 4.79 Å². The van der Waals surface area contributed by atoms with Crippen molar-refractivity contribution in [2.75, 3.05) is 33.2 Å². The van der Waals surface area contributed by atoms with Crippen molar-refractivity contribution >= 4 is 5.97 Å². The average molecular weight is 186 g/mol. The number of rotatable bonds is 4.